The van der Waals surface area contributed by atoms with Gasteiger partial charge in [-0.3, -0.25) is 4.79 Å². The minimum absolute atomic E-state index is 0.0368. The molecule has 0 fully saturated rings. The highest BCUT2D eigenvalue weighted by Crippen LogP contribution is 2.33. The summed E-state index contributed by atoms with van der Waals surface area (Å²) in [5, 5.41) is 8.04. The highest BCUT2D eigenvalue weighted by atomic mass is 35.5. The van der Waals surface area contributed by atoms with Gasteiger partial charge in [-0.25, -0.2) is 4.98 Å². The number of hydrogen-bond donors (Lipinski definition) is 3. The predicted octanol–water partition coefficient (Wildman–Crippen LogP) is 4.59. The van der Waals surface area contributed by atoms with Crippen molar-refractivity contribution < 1.29 is 4.79 Å². The van der Waals surface area contributed by atoms with E-state index >= 15 is 0 Å². The third-order valence-electron chi connectivity index (χ3n) is 4.52. The van der Waals surface area contributed by atoms with Gasteiger partial charge in [-0.05, 0) is 47.4 Å². The van der Waals surface area contributed by atoms with E-state index in [9.17, 15) is 4.79 Å². The molecule has 4 N–H and O–H groups in total. The van der Waals surface area contributed by atoms with E-state index in [1.807, 2.05) is 36.5 Å². The summed E-state index contributed by atoms with van der Waals surface area (Å²) < 4.78 is 0. The van der Waals surface area contributed by atoms with Crippen molar-refractivity contribution >= 4 is 51.3 Å². The zero-order chi connectivity index (χ0) is 19.7. The Hall–Kier alpha value is -2.12. The van der Waals surface area contributed by atoms with Gasteiger partial charge in [0.05, 0.1) is 21.3 Å². The number of benzene rings is 2. The first-order chi connectivity index (χ1) is 13.5. The molecule has 4 rings (SSSR count). The van der Waals surface area contributed by atoms with Crippen LogP contribution in [0, 0.1) is 0 Å². The summed E-state index contributed by atoms with van der Waals surface area (Å²) in [6.07, 6.45) is 2.95. The fourth-order valence-corrected chi connectivity index (χ4v) is 4.27. The highest BCUT2D eigenvalue weighted by molar-refractivity contribution is 7.18. The van der Waals surface area contributed by atoms with Gasteiger partial charge in [-0.15, -0.1) is 0 Å². The largest absolute Gasteiger partial charge is 0.360 e. The lowest BCUT2D eigenvalue weighted by atomic mass is 10.1. The molecule has 5 nitrogen and oxygen atoms in total. The van der Waals surface area contributed by atoms with Crippen LogP contribution in [0.25, 0.3) is 10.4 Å². The fourth-order valence-electron chi connectivity index (χ4n) is 3.13. The fraction of sp³-hybridized carbons (Fsp3) is 0.200. The summed E-state index contributed by atoms with van der Waals surface area (Å²) in [6, 6.07) is 11.5. The Kier molecular flexibility index (Phi) is 5.55. The number of fused-ring (bicyclic) bond motifs is 1. The van der Waals surface area contributed by atoms with Gasteiger partial charge in [0.25, 0.3) is 0 Å². The number of amides is 1. The SMILES string of the molecule is N[C@@H](CNc1ncc(-c2ccc3c(c2)CC(=O)N3)s1)Cc1ccc(Cl)c(Cl)c1. The zero-order valence-corrected chi connectivity index (χ0v) is 17.2. The Bertz CT molecular complexity index is 1040. The molecule has 0 radical (unpaired) electrons. The van der Waals surface area contributed by atoms with E-state index in [0.717, 1.165) is 32.4 Å². The average Bonchev–Trinajstić information content (AvgIpc) is 3.28. The van der Waals surface area contributed by atoms with Gasteiger partial charge in [0.2, 0.25) is 5.91 Å². The molecule has 1 aliphatic rings. The van der Waals surface area contributed by atoms with Gasteiger partial charge in [0, 0.05) is 24.5 Å². The lowest BCUT2D eigenvalue weighted by molar-refractivity contribution is -0.115. The van der Waals surface area contributed by atoms with Gasteiger partial charge in [0.1, 0.15) is 0 Å². The number of halogens is 2. The standard InChI is InChI=1S/C20H18Cl2N4OS/c21-15-3-1-11(6-16(15)22)5-14(23)9-24-20-25-10-18(28-20)12-2-4-17-13(7-12)8-19(27)26-17/h1-4,6-7,10,14H,5,8-9,23H2,(H,24,25)(H,26,27)/t14-/m1/s1. The summed E-state index contributed by atoms with van der Waals surface area (Å²) in [5.41, 5.74) is 10.3. The first-order valence-electron chi connectivity index (χ1n) is 8.80. The van der Waals surface area contributed by atoms with E-state index < -0.39 is 0 Å². The Balaban J connectivity index is 1.36. The quantitative estimate of drug-likeness (QED) is 0.531. The number of aromatic nitrogens is 1. The summed E-state index contributed by atoms with van der Waals surface area (Å²) >= 11 is 13.6. The van der Waals surface area contributed by atoms with E-state index in [-0.39, 0.29) is 11.9 Å². The van der Waals surface area contributed by atoms with Crippen molar-refractivity contribution in [2.75, 3.05) is 17.2 Å². The molecule has 1 aliphatic heterocycles. The maximum absolute atomic E-state index is 11.5. The molecule has 0 aliphatic carbocycles. The van der Waals surface area contributed by atoms with E-state index in [1.165, 1.54) is 0 Å². The lowest BCUT2D eigenvalue weighted by Crippen LogP contribution is -2.31. The summed E-state index contributed by atoms with van der Waals surface area (Å²) in [7, 11) is 0. The van der Waals surface area contributed by atoms with E-state index in [2.05, 4.69) is 15.6 Å². The first-order valence-corrected chi connectivity index (χ1v) is 10.4. The Morgan fingerprint density at radius 2 is 2.07 bits per heavy atom. The molecule has 0 bridgehead atoms. The number of carbonyl (C=O) groups is 1. The van der Waals surface area contributed by atoms with Crippen LogP contribution in [0.3, 0.4) is 0 Å². The molecule has 0 saturated carbocycles. The molecule has 2 aromatic carbocycles. The number of nitrogens with two attached hydrogens (primary N) is 1. The number of nitrogens with zero attached hydrogens (tertiary/aromatic N) is 1. The minimum Gasteiger partial charge on any atom is -0.360 e. The lowest BCUT2D eigenvalue weighted by Gasteiger charge is -2.12. The highest BCUT2D eigenvalue weighted by Gasteiger charge is 2.18. The van der Waals surface area contributed by atoms with Gasteiger partial charge < -0.3 is 16.4 Å². The zero-order valence-electron chi connectivity index (χ0n) is 14.8. The maximum Gasteiger partial charge on any atom is 0.228 e. The van der Waals surface area contributed by atoms with Crippen LogP contribution < -0.4 is 16.4 Å². The number of thiazole rings is 1. The topological polar surface area (TPSA) is 80.0 Å². The second kappa shape index (κ2) is 8.09. The molecule has 1 aromatic heterocycles. The van der Waals surface area contributed by atoms with Crippen LogP contribution in [-0.2, 0) is 17.6 Å². The van der Waals surface area contributed by atoms with E-state index in [0.29, 0.717) is 29.4 Å². The Morgan fingerprint density at radius 3 is 2.89 bits per heavy atom. The molecule has 144 valence electrons. The second-order valence-electron chi connectivity index (χ2n) is 6.72. The summed E-state index contributed by atoms with van der Waals surface area (Å²) in [6.45, 7) is 0.593. The predicted molar refractivity (Wildman–Crippen MR) is 117 cm³/mol. The minimum atomic E-state index is -0.0818. The Morgan fingerprint density at radius 1 is 1.21 bits per heavy atom. The van der Waals surface area contributed by atoms with Gasteiger partial charge >= 0.3 is 0 Å². The van der Waals surface area contributed by atoms with Crippen molar-refractivity contribution in [2.45, 2.75) is 18.9 Å². The number of nitrogens with one attached hydrogen (secondary N) is 2. The number of carbonyl (C=O) groups excluding carboxylic acids is 1. The summed E-state index contributed by atoms with van der Waals surface area (Å²) in [4.78, 5) is 17.0. The molecule has 0 spiro atoms. The molecule has 2 heterocycles. The smallest absolute Gasteiger partial charge is 0.228 e. The van der Waals surface area contributed by atoms with Crippen LogP contribution >= 0.6 is 34.5 Å². The van der Waals surface area contributed by atoms with Crippen LogP contribution in [0.5, 0.6) is 0 Å². The van der Waals surface area contributed by atoms with Gasteiger partial charge in [-0.2, -0.15) is 0 Å². The van der Waals surface area contributed by atoms with E-state index in [4.69, 9.17) is 28.9 Å². The third kappa shape index (κ3) is 4.31. The molecular weight excluding hydrogens is 415 g/mol. The van der Waals surface area contributed by atoms with Crippen LogP contribution in [0.1, 0.15) is 11.1 Å². The van der Waals surface area contributed by atoms with Crippen molar-refractivity contribution in [1.29, 1.82) is 0 Å². The molecule has 1 atom stereocenters. The molecule has 3 aromatic rings. The van der Waals surface area contributed by atoms with Gasteiger partial charge in [0.15, 0.2) is 5.13 Å². The molecule has 8 heteroatoms. The first kappa shape index (κ1) is 19.2. The van der Waals surface area contributed by atoms with Gasteiger partial charge in [-0.1, -0.05) is 46.7 Å². The van der Waals surface area contributed by atoms with Crippen molar-refractivity contribution in [1.82, 2.24) is 4.98 Å². The monoisotopic (exact) mass is 432 g/mol. The van der Waals surface area contributed by atoms with Crippen molar-refractivity contribution in [2.24, 2.45) is 5.73 Å². The average molecular weight is 433 g/mol. The van der Waals surface area contributed by atoms with Crippen LogP contribution in [0.2, 0.25) is 10.0 Å². The van der Waals surface area contributed by atoms with Crippen molar-refractivity contribution in [3.8, 4) is 10.4 Å². The summed E-state index contributed by atoms with van der Waals surface area (Å²) in [5.74, 6) is 0.0368. The number of anilines is 2. The van der Waals surface area contributed by atoms with Crippen molar-refractivity contribution in [3.05, 3.63) is 63.8 Å². The molecule has 0 unspecified atom stereocenters. The van der Waals surface area contributed by atoms with Crippen LogP contribution in [0.15, 0.2) is 42.6 Å². The molecule has 1 amide bonds. The van der Waals surface area contributed by atoms with E-state index in [1.54, 1.807) is 17.4 Å². The molecule has 0 saturated heterocycles. The number of rotatable bonds is 6. The van der Waals surface area contributed by atoms with Crippen LogP contribution in [0.4, 0.5) is 10.8 Å². The second-order valence-corrected chi connectivity index (χ2v) is 8.57. The molecular formula is C20H18Cl2N4OS. The maximum atomic E-state index is 11.5. The molecule has 28 heavy (non-hydrogen) atoms. The van der Waals surface area contributed by atoms with Crippen LogP contribution in [-0.4, -0.2) is 23.5 Å². The van der Waals surface area contributed by atoms with Crippen molar-refractivity contribution in [3.63, 3.8) is 0 Å². The third-order valence-corrected chi connectivity index (χ3v) is 6.26. The normalized spacial score (nSPS) is 13.9. The Labute approximate surface area is 176 Å². The number of hydrogen-bond acceptors (Lipinski definition) is 5.